The summed E-state index contributed by atoms with van der Waals surface area (Å²) in [5.41, 5.74) is -0.699. The summed E-state index contributed by atoms with van der Waals surface area (Å²) in [6.07, 6.45) is 3.72. The summed E-state index contributed by atoms with van der Waals surface area (Å²) in [5.74, 6) is 0.519. The number of carboxylic acids is 1. The van der Waals surface area contributed by atoms with Gasteiger partial charge in [-0.3, -0.25) is 4.79 Å². The zero-order chi connectivity index (χ0) is 15.3. The topological polar surface area (TPSA) is 49.3 Å². The van der Waals surface area contributed by atoms with E-state index in [9.17, 15) is 9.90 Å². The molecule has 1 aliphatic carbocycles. The van der Waals surface area contributed by atoms with Crippen molar-refractivity contribution in [2.75, 3.05) is 12.3 Å². The van der Waals surface area contributed by atoms with Crippen LogP contribution in [0.25, 0.3) is 0 Å². The molecule has 0 aromatic heterocycles. The number of likely N-dealkylation sites (N-methyl/N-ethyl adjacent to an activating group) is 1. The fourth-order valence-corrected chi connectivity index (χ4v) is 4.45. The standard InChI is InChI=1S/C16H22BrNO2S/c1-2-18-16(15(19)20)10-3-4-12(16)9-11-21-14-7-5-13(17)6-8-14/h5-8,12,18H,2-4,9-11H2,1H3,(H,19,20). The molecule has 0 radical (unpaired) electrons. The van der Waals surface area contributed by atoms with Crippen LogP contribution in [0.4, 0.5) is 0 Å². The predicted octanol–water partition coefficient (Wildman–Crippen LogP) is 4.16. The van der Waals surface area contributed by atoms with Crippen LogP contribution >= 0.6 is 27.7 Å². The molecule has 1 aliphatic rings. The van der Waals surface area contributed by atoms with Gasteiger partial charge >= 0.3 is 5.97 Å². The van der Waals surface area contributed by atoms with E-state index < -0.39 is 11.5 Å². The maximum Gasteiger partial charge on any atom is 0.324 e. The summed E-state index contributed by atoms with van der Waals surface area (Å²) in [6, 6.07) is 8.27. The van der Waals surface area contributed by atoms with Crippen molar-refractivity contribution in [1.29, 1.82) is 0 Å². The van der Waals surface area contributed by atoms with E-state index >= 15 is 0 Å². The Hall–Kier alpha value is -0.520. The van der Waals surface area contributed by atoms with Crippen molar-refractivity contribution >= 4 is 33.7 Å². The highest BCUT2D eigenvalue weighted by atomic mass is 79.9. The van der Waals surface area contributed by atoms with E-state index in [1.807, 2.05) is 19.1 Å². The van der Waals surface area contributed by atoms with Crippen molar-refractivity contribution in [2.45, 2.75) is 43.0 Å². The number of halogens is 1. The minimum Gasteiger partial charge on any atom is -0.480 e. The number of aliphatic carboxylic acids is 1. The number of thioether (sulfide) groups is 1. The lowest BCUT2D eigenvalue weighted by atomic mass is 9.85. The van der Waals surface area contributed by atoms with Crippen LogP contribution in [0.5, 0.6) is 0 Å². The number of benzene rings is 1. The predicted molar refractivity (Wildman–Crippen MR) is 90.9 cm³/mol. The van der Waals surface area contributed by atoms with Gasteiger partial charge < -0.3 is 10.4 Å². The lowest BCUT2D eigenvalue weighted by Crippen LogP contribution is -2.54. The van der Waals surface area contributed by atoms with Gasteiger partial charge in [0.05, 0.1) is 0 Å². The molecular weight excluding hydrogens is 350 g/mol. The fourth-order valence-electron chi connectivity index (χ4n) is 3.22. The van der Waals surface area contributed by atoms with Crippen molar-refractivity contribution in [3.8, 4) is 0 Å². The molecule has 0 saturated heterocycles. The average molecular weight is 372 g/mol. The molecule has 0 bridgehead atoms. The fraction of sp³-hybridized carbons (Fsp3) is 0.562. The summed E-state index contributed by atoms with van der Waals surface area (Å²) in [4.78, 5) is 13.0. The van der Waals surface area contributed by atoms with Gasteiger partial charge in [-0.2, -0.15) is 0 Å². The molecule has 2 unspecified atom stereocenters. The van der Waals surface area contributed by atoms with E-state index in [0.717, 1.165) is 35.9 Å². The average Bonchev–Trinajstić information content (AvgIpc) is 2.86. The molecule has 2 atom stereocenters. The molecule has 5 heteroatoms. The smallest absolute Gasteiger partial charge is 0.324 e. The number of rotatable bonds is 7. The van der Waals surface area contributed by atoms with Crippen LogP contribution < -0.4 is 5.32 Å². The van der Waals surface area contributed by atoms with Crippen molar-refractivity contribution in [1.82, 2.24) is 5.32 Å². The number of hydrogen-bond acceptors (Lipinski definition) is 3. The first-order valence-corrected chi connectivity index (χ1v) is 9.23. The number of carboxylic acid groups (broad SMARTS) is 1. The third-order valence-electron chi connectivity index (χ3n) is 4.24. The molecule has 2 rings (SSSR count). The normalized spacial score (nSPS) is 25.1. The Kier molecular flexibility index (Phi) is 6.14. The molecule has 21 heavy (non-hydrogen) atoms. The van der Waals surface area contributed by atoms with Gasteiger partial charge in [0, 0.05) is 9.37 Å². The highest BCUT2D eigenvalue weighted by Gasteiger charge is 2.48. The van der Waals surface area contributed by atoms with Gasteiger partial charge in [-0.1, -0.05) is 29.3 Å². The Labute approximate surface area is 139 Å². The third kappa shape index (κ3) is 4.02. The number of carbonyl (C=O) groups is 1. The van der Waals surface area contributed by atoms with Gasteiger partial charge in [-0.05, 0) is 61.7 Å². The zero-order valence-corrected chi connectivity index (χ0v) is 14.7. The summed E-state index contributed by atoms with van der Waals surface area (Å²) in [6.45, 7) is 2.69. The lowest BCUT2D eigenvalue weighted by Gasteiger charge is -2.32. The van der Waals surface area contributed by atoms with Crippen LogP contribution in [0.1, 0.15) is 32.6 Å². The highest BCUT2D eigenvalue weighted by Crippen LogP contribution is 2.39. The van der Waals surface area contributed by atoms with Crippen molar-refractivity contribution in [3.63, 3.8) is 0 Å². The largest absolute Gasteiger partial charge is 0.480 e. The van der Waals surface area contributed by atoms with E-state index in [1.54, 1.807) is 11.8 Å². The van der Waals surface area contributed by atoms with Gasteiger partial charge in [0.1, 0.15) is 5.54 Å². The second-order valence-electron chi connectivity index (χ2n) is 5.49. The maximum absolute atomic E-state index is 11.7. The maximum atomic E-state index is 11.7. The van der Waals surface area contributed by atoms with Gasteiger partial charge in [0.2, 0.25) is 0 Å². The molecule has 1 aromatic carbocycles. The molecule has 0 amide bonds. The van der Waals surface area contributed by atoms with E-state index in [4.69, 9.17) is 0 Å². The van der Waals surface area contributed by atoms with Gasteiger partial charge in [0.15, 0.2) is 0 Å². The SMILES string of the molecule is CCNC1(C(=O)O)CCCC1CCSc1ccc(Br)cc1. The molecule has 3 nitrogen and oxygen atoms in total. The molecule has 1 saturated carbocycles. The zero-order valence-electron chi connectivity index (χ0n) is 12.3. The van der Waals surface area contributed by atoms with Gasteiger partial charge in [0.25, 0.3) is 0 Å². The first kappa shape index (κ1) is 16.8. The van der Waals surface area contributed by atoms with Crippen LogP contribution in [0, 0.1) is 5.92 Å². The first-order chi connectivity index (χ1) is 10.1. The Bertz CT molecular complexity index is 480. The molecule has 116 valence electrons. The molecule has 1 aromatic rings. The number of nitrogens with one attached hydrogen (secondary N) is 1. The van der Waals surface area contributed by atoms with Crippen LogP contribution in [0.3, 0.4) is 0 Å². The minimum atomic E-state index is -0.699. The lowest BCUT2D eigenvalue weighted by molar-refractivity contribution is -0.146. The Morgan fingerprint density at radius 3 is 2.81 bits per heavy atom. The van der Waals surface area contributed by atoms with Crippen molar-refractivity contribution in [2.24, 2.45) is 5.92 Å². The summed E-state index contributed by atoms with van der Waals surface area (Å²) < 4.78 is 1.08. The van der Waals surface area contributed by atoms with E-state index in [0.29, 0.717) is 6.54 Å². The van der Waals surface area contributed by atoms with Crippen molar-refractivity contribution < 1.29 is 9.90 Å². The summed E-state index contributed by atoms with van der Waals surface area (Å²) >= 11 is 5.24. The second kappa shape index (κ2) is 7.65. The van der Waals surface area contributed by atoms with Crippen LogP contribution in [-0.4, -0.2) is 28.9 Å². The summed E-state index contributed by atoms with van der Waals surface area (Å²) in [5, 5.41) is 12.9. The molecule has 0 heterocycles. The Balaban J connectivity index is 1.92. The molecule has 2 N–H and O–H groups in total. The highest BCUT2D eigenvalue weighted by molar-refractivity contribution is 9.10. The van der Waals surface area contributed by atoms with Crippen LogP contribution in [0.15, 0.2) is 33.6 Å². The summed E-state index contributed by atoms with van der Waals surface area (Å²) in [7, 11) is 0. The minimum absolute atomic E-state index is 0.234. The van der Waals surface area contributed by atoms with Crippen molar-refractivity contribution in [3.05, 3.63) is 28.7 Å². The van der Waals surface area contributed by atoms with Gasteiger partial charge in [-0.15, -0.1) is 11.8 Å². The monoisotopic (exact) mass is 371 g/mol. The number of hydrogen-bond donors (Lipinski definition) is 2. The molecule has 0 aliphatic heterocycles. The van der Waals surface area contributed by atoms with E-state index in [-0.39, 0.29) is 5.92 Å². The van der Waals surface area contributed by atoms with E-state index in [1.165, 1.54) is 4.90 Å². The third-order valence-corrected chi connectivity index (χ3v) is 5.82. The van der Waals surface area contributed by atoms with Crippen LogP contribution in [0.2, 0.25) is 0 Å². The Morgan fingerprint density at radius 1 is 1.48 bits per heavy atom. The first-order valence-electron chi connectivity index (χ1n) is 7.45. The molecule has 1 fully saturated rings. The van der Waals surface area contributed by atoms with Crippen LogP contribution in [-0.2, 0) is 4.79 Å². The van der Waals surface area contributed by atoms with E-state index in [2.05, 4.69) is 33.4 Å². The molecular formula is C16H22BrNO2S. The Morgan fingerprint density at radius 2 is 2.19 bits per heavy atom. The van der Waals surface area contributed by atoms with Gasteiger partial charge in [-0.25, -0.2) is 0 Å². The second-order valence-corrected chi connectivity index (χ2v) is 7.57. The molecule has 0 spiro atoms. The quantitative estimate of drug-likeness (QED) is 0.706.